The summed E-state index contributed by atoms with van der Waals surface area (Å²) >= 11 is 0. The molecule has 0 aromatic carbocycles. The molecule has 3 heterocycles. The summed E-state index contributed by atoms with van der Waals surface area (Å²) in [6.07, 6.45) is 3.29. The number of carboxylic acid groups (broad SMARTS) is 1. The largest absolute Gasteiger partial charge is 0.527 e. The van der Waals surface area contributed by atoms with E-state index in [0.717, 1.165) is 12.8 Å². The number of amides is 2. The van der Waals surface area contributed by atoms with Gasteiger partial charge in [0.2, 0.25) is 11.8 Å². The second kappa shape index (κ2) is 14.4. The number of likely N-dealkylation sites (tertiary alicyclic amines) is 2. The van der Waals surface area contributed by atoms with E-state index >= 15 is 0 Å². The molecule has 0 saturated carbocycles. The van der Waals surface area contributed by atoms with Gasteiger partial charge in [-0.25, -0.2) is 0 Å². The first kappa shape index (κ1) is 32.9. The molecule has 0 unspecified atom stereocenters. The smallest absolute Gasteiger partial charge is 0.508 e. The zero-order valence-electron chi connectivity index (χ0n) is 22.5. The predicted molar refractivity (Wildman–Crippen MR) is 141 cm³/mol. The fourth-order valence-electron chi connectivity index (χ4n) is 5.36. The molecule has 11 N–H and O–H groups in total. The molecule has 0 aliphatic carbocycles. The van der Waals surface area contributed by atoms with E-state index in [1.165, 1.54) is 4.90 Å². The lowest BCUT2D eigenvalue weighted by Gasteiger charge is -2.31. The quantitative estimate of drug-likeness (QED) is 0.136. The third kappa shape index (κ3) is 8.13. The van der Waals surface area contributed by atoms with Gasteiger partial charge >= 0.3 is 26.2 Å². The first-order valence-corrected chi connectivity index (χ1v) is 13.3. The molecule has 220 valence electrons. The Morgan fingerprint density at radius 3 is 2.28 bits per heavy atom. The van der Waals surface area contributed by atoms with Gasteiger partial charge in [0.05, 0.1) is 13.1 Å². The molecule has 3 rings (SSSR count). The van der Waals surface area contributed by atoms with Crippen molar-refractivity contribution in [2.24, 2.45) is 34.8 Å². The number of fused-ring (bicyclic) bond motifs is 1. The van der Waals surface area contributed by atoms with Gasteiger partial charge in [-0.1, -0.05) is 12.8 Å². The standard InChI is InChI=1S/C12H22BN3O4.C10H20BN3O5/c1-2-19-13-5-3-4-9-7-16(10(17)6-14)8-12(9,15)11(18)20-13;12-4-8(15)14-5-7(2-1-3-11(18)19)10(13,6-14)9(16)17/h9H,2-8,14-15H2,1H3;7,18-19H,1-6,12-13H2,(H,16,17)/t9-,12-;7-,10-/m00/s1. The van der Waals surface area contributed by atoms with E-state index < -0.39 is 43.2 Å². The molecule has 4 atom stereocenters. The van der Waals surface area contributed by atoms with Crippen LogP contribution in [0.3, 0.4) is 0 Å². The van der Waals surface area contributed by atoms with E-state index in [9.17, 15) is 24.3 Å². The molecule has 15 nitrogen and oxygen atoms in total. The van der Waals surface area contributed by atoms with Crippen LogP contribution in [-0.4, -0.2) is 120 Å². The van der Waals surface area contributed by atoms with Crippen molar-refractivity contribution in [2.75, 3.05) is 45.9 Å². The number of nitrogens with zero attached hydrogens (tertiary/aromatic N) is 2. The van der Waals surface area contributed by atoms with Gasteiger partial charge in [0.15, 0.2) is 0 Å². The molecular weight excluding hydrogens is 514 g/mol. The van der Waals surface area contributed by atoms with E-state index in [1.807, 2.05) is 6.92 Å². The number of rotatable bonds is 9. The summed E-state index contributed by atoms with van der Waals surface area (Å²) in [7, 11) is -1.95. The van der Waals surface area contributed by atoms with Crippen LogP contribution in [0, 0.1) is 11.8 Å². The SMILES string of the molecule is CCOB1CCC[C@H]2CN(C(=O)CN)C[C@@]2(N)C(=O)O1.NCC(=O)N1C[C@H](CCCB(O)O)[C@](N)(C(=O)O)C1. The minimum absolute atomic E-state index is 0.0648. The van der Waals surface area contributed by atoms with Crippen LogP contribution in [0.5, 0.6) is 0 Å². The van der Waals surface area contributed by atoms with E-state index in [2.05, 4.69) is 0 Å². The highest BCUT2D eigenvalue weighted by Gasteiger charge is 2.53. The monoisotopic (exact) mass is 556 g/mol. The second-order valence-electron chi connectivity index (χ2n) is 10.4. The summed E-state index contributed by atoms with van der Waals surface area (Å²) in [6, 6.07) is 0. The molecule has 3 aliphatic heterocycles. The Morgan fingerprint density at radius 2 is 1.74 bits per heavy atom. The summed E-state index contributed by atoms with van der Waals surface area (Å²) < 4.78 is 10.7. The van der Waals surface area contributed by atoms with Crippen LogP contribution in [0.2, 0.25) is 12.6 Å². The van der Waals surface area contributed by atoms with Gasteiger partial charge in [0, 0.05) is 44.6 Å². The molecule has 0 aromatic rings. The molecule has 0 aromatic heterocycles. The molecule has 0 spiro atoms. The highest BCUT2D eigenvalue weighted by molar-refractivity contribution is 6.47. The summed E-state index contributed by atoms with van der Waals surface area (Å²) in [5.41, 5.74) is 20.1. The summed E-state index contributed by atoms with van der Waals surface area (Å²) in [4.78, 5) is 49.8. The molecule has 0 radical (unpaired) electrons. The van der Waals surface area contributed by atoms with Gasteiger partial charge in [0.25, 0.3) is 0 Å². The Kier molecular flexibility index (Phi) is 12.2. The first-order valence-electron chi connectivity index (χ1n) is 13.3. The maximum Gasteiger partial charge on any atom is 0.527 e. The second-order valence-corrected chi connectivity index (χ2v) is 10.4. The fraction of sp³-hybridized carbons (Fsp3) is 0.818. The molecule has 3 aliphatic rings. The maximum absolute atomic E-state index is 12.3. The lowest BCUT2D eigenvalue weighted by Crippen LogP contribution is -2.58. The zero-order chi connectivity index (χ0) is 29.4. The van der Waals surface area contributed by atoms with Crippen LogP contribution in [0.1, 0.15) is 32.6 Å². The molecule has 3 saturated heterocycles. The highest BCUT2D eigenvalue weighted by Crippen LogP contribution is 2.34. The lowest BCUT2D eigenvalue weighted by molar-refractivity contribution is -0.145. The van der Waals surface area contributed by atoms with E-state index in [0.29, 0.717) is 32.3 Å². The lowest BCUT2D eigenvalue weighted by atomic mass is 9.74. The van der Waals surface area contributed by atoms with Gasteiger partial charge in [-0.3, -0.25) is 19.2 Å². The summed E-state index contributed by atoms with van der Waals surface area (Å²) in [5, 5.41) is 26.8. The first-order chi connectivity index (χ1) is 18.3. The fourth-order valence-corrected chi connectivity index (χ4v) is 5.36. The maximum atomic E-state index is 12.3. The normalized spacial score (nSPS) is 28.6. The van der Waals surface area contributed by atoms with Crippen molar-refractivity contribution in [3.05, 3.63) is 0 Å². The Morgan fingerprint density at radius 1 is 1.13 bits per heavy atom. The molecule has 3 fully saturated rings. The minimum Gasteiger partial charge on any atom is -0.508 e. The van der Waals surface area contributed by atoms with Gasteiger partial charge in [0.1, 0.15) is 11.1 Å². The van der Waals surface area contributed by atoms with Crippen molar-refractivity contribution in [3.8, 4) is 0 Å². The molecule has 2 amide bonds. The topological polar surface area (TPSA) is 258 Å². The highest BCUT2D eigenvalue weighted by atomic mass is 16.6. The Hall–Kier alpha value is -2.27. The molecule has 39 heavy (non-hydrogen) atoms. The van der Waals surface area contributed by atoms with Crippen LogP contribution >= 0.6 is 0 Å². The molecule has 17 heteroatoms. The van der Waals surface area contributed by atoms with Crippen molar-refractivity contribution in [1.29, 1.82) is 0 Å². The number of hydrogen-bond acceptors (Lipinski definition) is 12. The van der Waals surface area contributed by atoms with E-state index in [-0.39, 0.29) is 56.8 Å². The van der Waals surface area contributed by atoms with Gasteiger partial charge in [-0.2, -0.15) is 0 Å². The number of hydrogen-bond donors (Lipinski definition) is 7. The van der Waals surface area contributed by atoms with Crippen molar-refractivity contribution < 1.29 is 43.6 Å². The molecular formula is C22H42B2N6O9. The number of carbonyl (C=O) groups excluding carboxylic acids is 3. The molecule has 0 bridgehead atoms. The average Bonchev–Trinajstić information content (AvgIpc) is 3.41. The average molecular weight is 556 g/mol. The zero-order valence-corrected chi connectivity index (χ0v) is 22.5. The number of nitrogens with two attached hydrogens (primary N) is 4. The van der Waals surface area contributed by atoms with Crippen molar-refractivity contribution in [1.82, 2.24) is 9.80 Å². The van der Waals surface area contributed by atoms with Crippen LogP contribution in [0.25, 0.3) is 0 Å². The van der Waals surface area contributed by atoms with Gasteiger partial charge in [-0.05, 0) is 32.4 Å². The van der Waals surface area contributed by atoms with Crippen molar-refractivity contribution >= 4 is 38.0 Å². The van der Waals surface area contributed by atoms with Crippen LogP contribution in [-0.2, 0) is 28.5 Å². The Labute approximate surface area is 228 Å². The van der Waals surface area contributed by atoms with E-state index in [4.69, 9.17) is 42.3 Å². The Bertz CT molecular complexity index is 887. The third-order valence-electron chi connectivity index (χ3n) is 7.67. The number of carboxylic acids is 1. The van der Waals surface area contributed by atoms with Gasteiger partial charge < -0.3 is 57.2 Å². The summed E-state index contributed by atoms with van der Waals surface area (Å²) in [5.74, 6) is -2.65. The third-order valence-corrected chi connectivity index (χ3v) is 7.67. The van der Waals surface area contributed by atoms with Crippen molar-refractivity contribution in [2.45, 2.75) is 56.3 Å². The van der Waals surface area contributed by atoms with Crippen LogP contribution in [0.15, 0.2) is 0 Å². The van der Waals surface area contributed by atoms with E-state index in [1.54, 1.807) is 4.90 Å². The van der Waals surface area contributed by atoms with Crippen molar-refractivity contribution in [3.63, 3.8) is 0 Å². The van der Waals surface area contributed by atoms with Crippen LogP contribution < -0.4 is 22.9 Å². The number of aliphatic carboxylic acids is 1. The van der Waals surface area contributed by atoms with Crippen LogP contribution in [0.4, 0.5) is 0 Å². The van der Waals surface area contributed by atoms with Gasteiger partial charge in [-0.15, -0.1) is 0 Å². The minimum atomic E-state index is -1.49. The number of carbonyl (C=O) groups is 4. The Balaban J connectivity index is 0.000000274. The predicted octanol–water partition coefficient (Wildman–Crippen LogP) is -3.60. The summed E-state index contributed by atoms with van der Waals surface area (Å²) in [6.45, 7) is 2.90.